The number of nitrogens with zero attached hydrogens (tertiary/aromatic N) is 1. The molecule has 1 heterocycles. The van der Waals surface area contributed by atoms with Crippen LogP contribution in [0.2, 0.25) is 0 Å². The number of hydrogen-bond acceptors (Lipinski definition) is 3. The van der Waals surface area contributed by atoms with Crippen molar-refractivity contribution in [3.8, 4) is 0 Å². The van der Waals surface area contributed by atoms with Crippen LogP contribution in [-0.2, 0) is 10.3 Å². The van der Waals surface area contributed by atoms with Crippen LogP contribution in [0, 0.1) is 5.92 Å². The molecule has 2 atom stereocenters. The van der Waals surface area contributed by atoms with E-state index in [4.69, 9.17) is 10.5 Å². The minimum absolute atomic E-state index is 0.00805. The van der Waals surface area contributed by atoms with E-state index in [-0.39, 0.29) is 5.92 Å². The number of primary amides is 1. The van der Waals surface area contributed by atoms with E-state index >= 15 is 0 Å². The van der Waals surface area contributed by atoms with Crippen LogP contribution in [0.1, 0.15) is 37.7 Å². The number of benzene rings is 1. The number of ether oxygens (including phenoxy) is 1. The summed E-state index contributed by atoms with van der Waals surface area (Å²) in [5.74, 6) is 0.00805. The average Bonchev–Trinajstić information content (AvgIpc) is 2.59. The van der Waals surface area contributed by atoms with Crippen LogP contribution in [0.15, 0.2) is 30.3 Å². The predicted molar refractivity (Wildman–Crippen MR) is 89.9 cm³/mol. The Hall–Kier alpha value is -1.59. The van der Waals surface area contributed by atoms with Gasteiger partial charge in [0, 0.05) is 32.7 Å². The molecule has 2 rings (SSSR count). The van der Waals surface area contributed by atoms with Crippen LogP contribution in [0.25, 0.3) is 0 Å². The molecule has 1 aromatic carbocycles. The minimum Gasteiger partial charge on any atom is -0.385 e. The fourth-order valence-corrected chi connectivity index (χ4v) is 3.52. The van der Waals surface area contributed by atoms with Gasteiger partial charge in [-0.2, -0.15) is 0 Å². The van der Waals surface area contributed by atoms with Crippen molar-refractivity contribution in [2.24, 2.45) is 11.7 Å². The number of likely N-dealkylation sites (tertiary alicyclic amines) is 1. The summed E-state index contributed by atoms with van der Waals surface area (Å²) in [6, 6.07) is 9.39. The predicted octanol–water partition coefficient (Wildman–Crippen LogP) is 2.48. The minimum atomic E-state index is -0.927. The van der Waals surface area contributed by atoms with Crippen molar-refractivity contribution in [3.05, 3.63) is 35.9 Å². The highest BCUT2D eigenvalue weighted by molar-refractivity contribution is 5.72. The Labute approximate surface area is 138 Å². The molecule has 0 spiro atoms. The molecule has 23 heavy (non-hydrogen) atoms. The van der Waals surface area contributed by atoms with Gasteiger partial charge in [0.15, 0.2) is 0 Å². The van der Waals surface area contributed by atoms with Gasteiger partial charge in [-0.3, -0.25) is 0 Å². The highest BCUT2D eigenvalue weighted by Crippen LogP contribution is 2.39. The van der Waals surface area contributed by atoms with E-state index in [0.717, 1.165) is 31.2 Å². The van der Waals surface area contributed by atoms with Crippen molar-refractivity contribution in [2.45, 2.75) is 37.7 Å². The molecule has 1 fully saturated rings. The molecular weight excluding hydrogens is 292 g/mol. The van der Waals surface area contributed by atoms with Crippen molar-refractivity contribution in [1.29, 1.82) is 0 Å². The topological polar surface area (TPSA) is 75.8 Å². The molecule has 1 aliphatic heterocycles. The molecular formula is C18H28N2O3. The number of hydrogen-bond donors (Lipinski definition) is 2. The molecule has 1 saturated heterocycles. The second-order valence-electron chi connectivity index (χ2n) is 6.36. The van der Waals surface area contributed by atoms with Crippen molar-refractivity contribution < 1.29 is 14.6 Å². The van der Waals surface area contributed by atoms with Gasteiger partial charge in [0.2, 0.25) is 0 Å². The molecule has 0 aliphatic carbocycles. The van der Waals surface area contributed by atoms with Gasteiger partial charge in [-0.15, -0.1) is 0 Å². The molecule has 2 amide bonds. The number of methoxy groups -OCH3 is 1. The van der Waals surface area contributed by atoms with E-state index in [2.05, 4.69) is 0 Å². The number of amides is 2. The van der Waals surface area contributed by atoms with Crippen LogP contribution >= 0.6 is 0 Å². The third kappa shape index (κ3) is 4.45. The summed E-state index contributed by atoms with van der Waals surface area (Å²) >= 11 is 0. The number of piperidine rings is 1. The summed E-state index contributed by atoms with van der Waals surface area (Å²) in [6.07, 6.45) is 4.24. The number of aliphatic hydroxyl groups is 1. The molecule has 1 aliphatic rings. The van der Waals surface area contributed by atoms with Crippen molar-refractivity contribution in [3.63, 3.8) is 0 Å². The van der Waals surface area contributed by atoms with Gasteiger partial charge < -0.3 is 20.5 Å². The number of nitrogens with two attached hydrogens (primary N) is 1. The highest BCUT2D eigenvalue weighted by atomic mass is 16.5. The van der Waals surface area contributed by atoms with Gasteiger partial charge in [-0.05, 0) is 37.7 Å². The molecule has 0 aromatic heterocycles. The summed E-state index contributed by atoms with van der Waals surface area (Å²) in [4.78, 5) is 13.2. The van der Waals surface area contributed by atoms with Gasteiger partial charge in [0.25, 0.3) is 0 Å². The first-order valence-electron chi connectivity index (χ1n) is 8.39. The van der Waals surface area contributed by atoms with Crippen LogP contribution in [0.4, 0.5) is 4.79 Å². The molecule has 3 N–H and O–H groups in total. The fourth-order valence-electron chi connectivity index (χ4n) is 3.52. The molecule has 5 heteroatoms. The molecule has 5 nitrogen and oxygen atoms in total. The van der Waals surface area contributed by atoms with Crippen LogP contribution in [0.5, 0.6) is 0 Å². The summed E-state index contributed by atoms with van der Waals surface area (Å²) in [6.45, 7) is 1.90. The van der Waals surface area contributed by atoms with Crippen LogP contribution in [0.3, 0.4) is 0 Å². The maximum Gasteiger partial charge on any atom is 0.314 e. The lowest BCUT2D eigenvalue weighted by molar-refractivity contribution is -0.0559. The highest BCUT2D eigenvalue weighted by Gasteiger charge is 2.40. The Balaban J connectivity index is 2.17. The molecule has 0 saturated carbocycles. The first-order valence-corrected chi connectivity index (χ1v) is 8.39. The number of rotatable bonds is 7. The van der Waals surface area contributed by atoms with E-state index in [9.17, 15) is 9.90 Å². The number of unbranched alkanes of at least 4 members (excludes halogenated alkanes) is 1. The first kappa shape index (κ1) is 17.8. The SMILES string of the molecule is COCCCC[C@@](O)(c1ccccc1)[C@@H]1CCCN(C(N)=O)C1. The van der Waals surface area contributed by atoms with E-state index in [0.29, 0.717) is 26.1 Å². The monoisotopic (exact) mass is 320 g/mol. The second kappa shape index (κ2) is 8.31. The lowest BCUT2D eigenvalue weighted by atomic mass is 9.74. The Bertz CT molecular complexity index is 494. The van der Waals surface area contributed by atoms with Gasteiger partial charge >= 0.3 is 6.03 Å². The number of urea groups is 1. The average molecular weight is 320 g/mol. The Morgan fingerprint density at radius 2 is 2.13 bits per heavy atom. The second-order valence-corrected chi connectivity index (χ2v) is 6.36. The van der Waals surface area contributed by atoms with Crippen LogP contribution < -0.4 is 5.73 Å². The van der Waals surface area contributed by atoms with E-state index in [1.54, 1.807) is 12.0 Å². The fraction of sp³-hybridized carbons (Fsp3) is 0.611. The van der Waals surface area contributed by atoms with Gasteiger partial charge in [-0.25, -0.2) is 4.79 Å². The Morgan fingerprint density at radius 3 is 2.78 bits per heavy atom. The molecule has 0 unspecified atom stereocenters. The van der Waals surface area contributed by atoms with Gasteiger partial charge in [0.1, 0.15) is 0 Å². The summed E-state index contributed by atoms with van der Waals surface area (Å²) < 4.78 is 5.11. The van der Waals surface area contributed by atoms with E-state index in [1.165, 1.54) is 0 Å². The standard InChI is InChI=1S/C18H28N2O3/c1-23-13-6-5-11-18(22,15-8-3-2-4-9-15)16-10-7-12-20(14-16)17(19)21/h2-4,8-9,16,22H,5-7,10-14H2,1H3,(H2,19,21)/t16-,18-/m1/s1. The normalized spacial score (nSPS) is 21.0. The third-order valence-electron chi connectivity index (χ3n) is 4.84. The first-order chi connectivity index (χ1) is 11.1. The zero-order chi connectivity index (χ0) is 16.7. The quantitative estimate of drug-likeness (QED) is 0.758. The number of carbonyl (C=O) groups excluding carboxylic acids is 1. The summed E-state index contributed by atoms with van der Waals surface area (Å²) in [5.41, 5.74) is 5.44. The maximum absolute atomic E-state index is 11.5. The van der Waals surface area contributed by atoms with E-state index in [1.807, 2.05) is 30.3 Å². The lowest BCUT2D eigenvalue weighted by Crippen LogP contribution is -2.49. The van der Waals surface area contributed by atoms with Gasteiger partial charge in [-0.1, -0.05) is 30.3 Å². The zero-order valence-corrected chi connectivity index (χ0v) is 13.9. The Kier molecular flexibility index (Phi) is 6.42. The largest absolute Gasteiger partial charge is 0.385 e. The van der Waals surface area contributed by atoms with Gasteiger partial charge in [0.05, 0.1) is 5.60 Å². The lowest BCUT2D eigenvalue weighted by Gasteiger charge is -2.42. The Morgan fingerprint density at radius 1 is 1.39 bits per heavy atom. The van der Waals surface area contributed by atoms with Crippen molar-refractivity contribution in [1.82, 2.24) is 4.90 Å². The smallest absolute Gasteiger partial charge is 0.314 e. The molecule has 1 aromatic rings. The van der Waals surface area contributed by atoms with Crippen molar-refractivity contribution in [2.75, 3.05) is 26.8 Å². The van der Waals surface area contributed by atoms with E-state index < -0.39 is 11.6 Å². The molecule has 0 bridgehead atoms. The summed E-state index contributed by atoms with van der Waals surface area (Å²) in [7, 11) is 1.69. The van der Waals surface area contributed by atoms with Crippen molar-refractivity contribution >= 4 is 6.03 Å². The molecule has 0 radical (unpaired) electrons. The third-order valence-corrected chi connectivity index (χ3v) is 4.84. The van der Waals surface area contributed by atoms with Crippen LogP contribution in [-0.4, -0.2) is 42.8 Å². The molecule has 128 valence electrons. The summed E-state index contributed by atoms with van der Waals surface area (Å²) in [5, 5.41) is 11.5. The maximum atomic E-state index is 11.5. The number of carbonyl (C=O) groups is 1. The zero-order valence-electron chi connectivity index (χ0n) is 13.9.